The van der Waals surface area contributed by atoms with Crippen LogP contribution in [-0.2, 0) is 0 Å². The summed E-state index contributed by atoms with van der Waals surface area (Å²) in [6, 6.07) is 48.5. The van der Waals surface area contributed by atoms with Crippen molar-refractivity contribution < 1.29 is 28.9 Å². The molecule has 3 aromatic heterocycles. The first kappa shape index (κ1) is 49.9. The maximum absolute atomic E-state index is 12.5. The normalized spacial score (nSPS) is 10.9. The number of aliphatic hydroxyl groups excluding tert-OH is 1. The summed E-state index contributed by atoms with van der Waals surface area (Å²) in [5.74, 6) is 3.39. The molecule has 3 heterocycles. The molecular formula is C51H32Cl6N6O6. The van der Waals surface area contributed by atoms with Gasteiger partial charge in [0.2, 0.25) is 0 Å². The summed E-state index contributed by atoms with van der Waals surface area (Å²) < 4.78 is 17.1. The molecule has 12 nitrogen and oxygen atoms in total. The maximum Gasteiger partial charge on any atom is 0.199 e. The average molecular weight is 1040 g/mol. The first-order valence-electron chi connectivity index (χ1n) is 20.2. The fourth-order valence-electron chi connectivity index (χ4n) is 6.04. The summed E-state index contributed by atoms with van der Waals surface area (Å²) >= 11 is 35.7. The van der Waals surface area contributed by atoms with Gasteiger partial charge in [0.05, 0.1) is 16.7 Å². The lowest BCUT2D eigenvalue weighted by atomic mass is 10.0. The number of carbonyl (C=O) groups is 2. The molecule has 0 saturated heterocycles. The zero-order chi connectivity index (χ0) is 48.7. The quantitative estimate of drug-likeness (QED) is 0.0913. The molecule has 0 fully saturated rings. The van der Waals surface area contributed by atoms with Crippen LogP contribution in [-0.4, -0.2) is 46.6 Å². The highest BCUT2D eigenvalue weighted by Crippen LogP contribution is 2.33. The van der Waals surface area contributed by atoms with Crippen molar-refractivity contribution in [1.29, 1.82) is 0 Å². The van der Waals surface area contributed by atoms with E-state index in [1.807, 2.05) is 91.0 Å². The number of para-hydroxylation sites is 3. The Hall–Kier alpha value is -7.00. The standard InChI is InChI=1S/C17H12Cl2N2O2.2C17H10Cl2N2O2/c3*18-16-14(17(19)21-10-20-16)15(22)11-6-8-13(9-7-11)23-12-4-2-1-3-5-12/h1-10,15,22H;2*1-10H. The molecule has 0 amide bonds. The predicted molar refractivity (Wildman–Crippen MR) is 266 cm³/mol. The van der Waals surface area contributed by atoms with Crippen molar-refractivity contribution in [2.24, 2.45) is 0 Å². The van der Waals surface area contributed by atoms with E-state index in [0.717, 1.165) is 5.75 Å². The third-order valence-corrected chi connectivity index (χ3v) is 11.1. The number of ketones is 2. The molecule has 0 bridgehead atoms. The number of hydrogen-bond donors (Lipinski definition) is 1. The minimum absolute atomic E-state index is 0.0274. The van der Waals surface area contributed by atoms with Crippen LogP contribution in [0.25, 0.3) is 0 Å². The largest absolute Gasteiger partial charge is 0.457 e. The summed E-state index contributed by atoms with van der Waals surface area (Å²) in [6.45, 7) is 0. The van der Waals surface area contributed by atoms with Gasteiger partial charge in [0.15, 0.2) is 11.6 Å². The monoisotopic (exact) mass is 1030 g/mol. The Bertz CT molecular complexity index is 2940. The molecular weight excluding hydrogens is 1010 g/mol. The van der Waals surface area contributed by atoms with E-state index in [-0.39, 0.29) is 59.2 Å². The van der Waals surface area contributed by atoms with E-state index < -0.39 is 6.10 Å². The molecule has 0 aliphatic carbocycles. The summed E-state index contributed by atoms with van der Waals surface area (Å²) in [5, 5.41) is 10.8. The molecule has 0 spiro atoms. The van der Waals surface area contributed by atoms with E-state index >= 15 is 0 Å². The summed E-state index contributed by atoms with van der Waals surface area (Å²) in [5.41, 5.74) is 1.92. The fourth-order valence-corrected chi connectivity index (χ4v) is 7.53. The van der Waals surface area contributed by atoms with Gasteiger partial charge >= 0.3 is 0 Å². The Morgan fingerprint density at radius 1 is 0.362 bits per heavy atom. The van der Waals surface area contributed by atoms with Crippen LogP contribution in [0.5, 0.6) is 34.5 Å². The first-order chi connectivity index (χ1) is 33.4. The van der Waals surface area contributed by atoms with Gasteiger partial charge in [0, 0.05) is 11.1 Å². The minimum Gasteiger partial charge on any atom is -0.457 e. The van der Waals surface area contributed by atoms with Gasteiger partial charge in [0.25, 0.3) is 0 Å². The van der Waals surface area contributed by atoms with Crippen molar-refractivity contribution in [3.63, 3.8) is 0 Å². The third-order valence-electron chi connectivity index (χ3n) is 9.39. The van der Waals surface area contributed by atoms with Crippen LogP contribution < -0.4 is 14.2 Å². The molecule has 1 atom stereocenters. The average Bonchev–Trinajstić information content (AvgIpc) is 3.36. The number of carbonyl (C=O) groups excluding carboxylic acids is 2. The van der Waals surface area contributed by atoms with Crippen LogP contribution in [0.2, 0.25) is 30.9 Å². The van der Waals surface area contributed by atoms with Crippen LogP contribution in [0.1, 0.15) is 49.1 Å². The second-order valence-electron chi connectivity index (χ2n) is 14.0. The Balaban J connectivity index is 0.000000153. The molecule has 9 aromatic rings. The molecule has 0 saturated carbocycles. The van der Waals surface area contributed by atoms with Gasteiger partial charge in [-0.15, -0.1) is 0 Å². The van der Waals surface area contributed by atoms with Crippen LogP contribution in [0.4, 0.5) is 0 Å². The number of rotatable bonds is 12. The van der Waals surface area contributed by atoms with Crippen molar-refractivity contribution in [3.8, 4) is 34.5 Å². The Labute approximate surface area is 425 Å². The van der Waals surface area contributed by atoms with E-state index in [0.29, 0.717) is 45.4 Å². The Kier molecular flexibility index (Phi) is 17.6. The molecule has 69 heavy (non-hydrogen) atoms. The van der Waals surface area contributed by atoms with Crippen molar-refractivity contribution in [2.45, 2.75) is 6.10 Å². The number of halogens is 6. The van der Waals surface area contributed by atoms with E-state index in [1.165, 1.54) is 19.0 Å². The highest BCUT2D eigenvalue weighted by Gasteiger charge is 2.21. The maximum atomic E-state index is 12.5. The van der Waals surface area contributed by atoms with E-state index in [9.17, 15) is 14.7 Å². The molecule has 1 unspecified atom stereocenters. The molecule has 1 N–H and O–H groups in total. The van der Waals surface area contributed by atoms with E-state index in [2.05, 4.69) is 29.9 Å². The van der Waals surface area contributed by atoms with Crippen LogP contribution in [0, 0.1) is 0 Å². The number of aromatic nitrogens is 6. The molecule has 0 aliphatic rings. The van der Waals surface area contributed by atoms with Crippen LogP contribution in [0.15, 0.2) is 183 Å². The fraction of sp³-hybridized carbons (Fsp3) is 0.0196. The number of aliphatic hydroxyl groups is 1. The molecule has 0 aliphatic heterocycles. The van der Waals surface area contributed by atoms with Crippen molar-refractivity contribution in [1.82, 2.24) is 29.9 Å². The Morgan fingerprint density at radius 2 is 0.623 bits per heavy atom. The highest BCUT2D eigenvalue weighted by molar-refractivity contribution is 6.40. The van der Waals surface area contributed by atoms with Gasteiger partial charge < -0.3 is 19.3 Å². The number of nitrogens with zero attached hydrogens (tertiary/aromatic N) is 6. The molecule has 9 rings (SSSR count). The predicted octanol–water partition coefficient (Wildman–Crippen LogP) is 14.3. The Morgan fingerprint density at radius 3 is 0.928 bits per heavy atom. The van der Waals surface area contributed by atoms with Crippen molar-refractivity contribution in [2.75, 3.05) is 0 Å². The molecule has 18 heteroatoms. The van der Waals surface area contributed by atoms with Gasteiger partial charge in [0.1, 0.15) is 90.5 Å². The highest BCUT2D eigenvalue weighted by atomic mass is 35.5. The summed E-state index contributed by atoms with van der Waals surface area (Å²) in [4.78, 5) is 47.8. The first-order valence-corrected chi connectivity index (χ1v) is 22.5. The van der Waals surface area contributed by atoms with Crippen LogP contribution in [0.3, 0.4) is 0 Å². The van der Waals surface area contributed by atoms with E-state index in [4.69, 9.17) is 83.8 Å². The SMILES string of the molecule is O=C(c1ccc(Oc2ccccc2)cc1)c1c(Cl)ncnc1Cl.O=C(c1ccc(Oc2ccccc2)cc1)c1c(Cl)ncnc1Cl.OC(c1ccc(Oc2ccccc2)cc1)c1c(Cl)ncnc1Cl. The van der Waals surface area contributed by atoms with Crippen molar-refractivity contribution in [3.05, 3.63) is 247 Å². The third kappa shape index (κ3) is 13.6. The minimum atomic E-state index is -1.01. The number of benzene rings is 6. The van der Waals surface area contributed by atoms with Gasteiger partial charge in [-0.2, -0.15) is 0 Å². The topological polar surface area (TPSA) is 159 Å². The smallest absolute Gasteiger partial charge is 0.199 e. The zero-order valence-corrected chi connectivity index (χ0v) is 39.9. The van der Waals surface area contributed by atoms with Gasteiger partial charge in [-0.25, -0.2) is 29.9 Å². The van der Waals surface area contributed by atoms with Crippen molar-refractivity contribution >= 4 is 81.2 Å². The zero-order valence-electron chi connectivity index (χ0n) is 35.3. The summed E-state index contributed by atoms with van der Waals surface area (Å²) in [6.07, 6.45) is 2.65. The number of ether oxygens (including phenoxy) is 3. The molecule has 0 radical (unpaired) electrons. The van der Waals surface area contributed by atoms with Crippen LogP contribution >= 0.6 is 69.6 Å². The summed E-state index contributed by atoms with van der Waals surface area (Å²) in [7, 11) is 0. The second-order valence-corrected chi connectivity index (χ2v) is 16.1. The van der Waals surface area contributed by atoms with Gasteiger partial charge in [-0.05, 0) is 103 Å². The van der Waals surface area contributed by atoms with Gasteiger partial charge in [-0.3, -0.25) is 9.59 Å². The number of hydrogen-bond acceptors (Lipinski definition) is 12. The second kappa shape index (κ2) is 24.3. The molecule has 344 valence electrons. The lowest BCUT2D eigenvalue weighted by molar-refractivity contribution is 0.103. The lowest BCUT2D eigenvalue weighted by Gasteiger charge is -2.14. The van der Waals surface area contributed by atoms with E-state index in [1.54, 1.807) is 72.8 Å². The van der Waals surface area contributed by atoms with Gasteiger partial charge in [-0.1, -0.05) is 136 Å². The lowest BCUT2D eigenvalue weighted by Crippen LogP contribution is -2.05. The molecule has 6 aromatic carbocycles.